The number of carbonyl (C=O) groups is 1. The van der Waals surface area contributed by atoms with Gasteiger partial charge < -0.3 is 15.3 Å². The second-order valence-electron chi connectivity index (χ2n) is 6.47. The number of nitrogens with one attached hydrogen (secondary N) is 1. The van der Waals surface area contributed by atoms with E-state index in [1.807, 2.05) is 4.90 Å². The smallest absolute Gasteiger partial charge is 0.317 e. The Morgan fingerprint density at radius 1 is 1.21 bits per heavy atom. The molecule has 0 aromatic carbocycles. The number of hydrogen-bond acceptors (Lipinski definition) is 2. The van der Waals surface area contributed by atoms with Gasteiger partial charge in [-0.05, 0) is 31.6 Å². The lowest BCUT2D eigenvalue weighted by molar-refractivity contribution is 0.0260. The van der Waals surface area contributed by atoms with Gasteiger partial charge in [-0.2, -0.15) is 0 Å². The Balaban J connectivity index is 1.76. The first-order chi connectivity index (χ1) is 9.09. The fraction of sp³-hybridized carbons (Fsp3) is 0.933. The average molecular weight is 268 g/mol. The third-order valence-electron chi connectivity index (χ3n) is 4.67. The summed E-state index contributed by atoms with van der Waals surface area (Å²) in [5, 5.41) is 13.4. The molecule has 2 aliphatic rings. The highest BCUT2D eigenvalue weighted by atomic mass is 16.3. The van der Waals surface area contributed by atoms with Gasteiger partial charge in [0.05, 0.1) is 5.60 Å². The molecule has 0 atom stereocenters. The highest BCUT2D eigenvalue weighted by Crippen LogP contribution is 2.26. The van der Waals surface area contributed by atoms with Gasteiger partial charge in [-0.15, -0.1) is 0 Å². The zero-order valence-electron chi connectivity index (χ0n) is 12.2. The maximum absolute atomic E-state index is 12.1. The normalized spacial score (nSPS) is 24.8. The number of hydrogen-bond donors (Lipinski definition) is 2. The topological polar surface area (TPSA) is 52.6 Å². The molecule has 4 nitrogen and oxygen atoms in total. The largest absolute Gasteiger partial charge is 0.388 e. The number of urea groups is 1. The van der Waals surface area contributed by atoms with Crippen LogP contribution in [0.25, 0.3) is 0 Å². The van der Waals surface area contributed by atoms with E-state index in [1.54, 1.807) is 0 Å². The van der Waals surface area contributed by atoms with Crippen LogP contribution in [0.3, 0.4) is 0 Å². The van der Waals surface area contributed by atoms with Crippen molar-refractivity contribution in [1.82, 2.24) is 10.2 Å². The number of rotatable bonds is 2. The second-order valence-corrected chi connectivity index (χ2v) is 6.47. The van der Waals surface area contributed by atoms with E-state index in [0.717, 1.165) is 57.5 Å². The third-order valence-corrected chi connectivity index (χ3v) is 4.67. The molecule has 4 heteroatoms. The monoisotopic (exact) mass is 268 g/mol. The van der Waals surface area contributed by atoms with Crippen LogP contribution in [0, 0.1) is 5.92 Å². The van der Waals surface area contributed by atoms with Crippen molar-refractivity contribution in [3.05, 3.63) is 0 Å². The molecule has 1 saturated heterocycles. The van der Waals surface area contributed by atoms with E-state index in [0.29, 0.717) is 6.54 Å². The van der Waals surface area contributed by atoms with Crippen molar-refractivity contribution in [3.8, 4) is 0 Å². The molecule has 0 bridgehead atoms. The summed E-state index contributed by atoms with van der Waals surface area (Å²) in [6.45, 7) is 4.36. The first-order valence-electron chi connectivity index (χ1n) is 7.84. The summed E-state index contributed by atoms with van der Waals surface area (Å²) in [4.78, 5) is 14.0. The van der Waals surface area contributed by atoms with Crippen LogP contribution >= 0.6 is 0 Å². The van der Waals surface area contributed by atoms with Gasteiger partial charge in [-0.25, -0.2) is 4.79 Å². The second kappa shape index (κ2) is 6.60. The van der Waals surface area contributed by atoms with E-state index in [1.165, 1.54) is 12.8 Å². The zero-order chi connectivity index (χ0) is 13.7. The van der Waals surface area contributed by atoms with Gasteiger partial charge in [0.15, 0.2) is 0 Å². The molecule has 1 aliphatic heterocycles. The summed E-state index contributed by atoms with van der Waals surface area (Å²) in [6.07, 6.45) is 8.41. The van der Waals surface area contributed by atoms with Crippen LogP contribution in [0.1, 0.15) is 58.3 Å². The summed E-state index contributed by atoms with van der Waals surface area (Å²) in [7, 11) is 0. The molecule has 1 aliphatic carbocycles. The Kier molecular flexibility index (Phi) is 5.08. The van der Waals surface area contributed by atoms with Crippen molar-refractivity contribution in [2.24, 2.45) is 5.92 Å². The minimum Gasteiger partial charge on any atom is -0.388 e. The van der Waals surface area contributed by atoms with E-state index < -0.39 is 5.60 Å². The summed E-state index contributed by atoms with van der Waals surface area (Å²) in [5.74, 6) is 0.732. The molecule has 2 N–H and O–H groups in total. The predicted octanol–water partition coefficient (Wildman–Crippen LogP) is 2.51. The molecular weight excluding hydrogens is 240 g/mol. The lowest BCUT2D eigenvalue weighted by Gasteiger charge is -2.32. The van der Waals surface area contributed by atoms with Gasteiger partial charge in [0.25, 0.3) is 0 Å². The van der Waals surface area contributed by atoms with Gasteiger partial charge >= 0.3 is 6.03 Å². The summed E-state index contributed by atoms with van der Waals surface area (Å²) >= 11 is 0. The minimum absolute atomic E-state index is 0.00423. The van der Waals surface area contributed by atoms with Crippen LogP contribution in [0.2, 0.25) is 0 Å². The molecule has 0 radical (unpaired) electrons. The lowest BCUT2D eigenvalue weighted by atomic mass is 9.94. The highest BCUT2D eigenvalue weighted by Gasteiger charge is 2.29. The average Bonchev–Trinajstić information content (AvgIpc) is 2.62. The maximum atomic E-state index is 12.1. The van der Waals surface area contributed by atoms with Crippen molar-refractivity contribution in [2.75, 3.05) is 19.6 Å². The molecule has 1 heterocycles. The SMILES string of the molecule is CC1CCN(C(=O)NCC2(O)CCCCCC2)CC1. The molecule has 2 fully saturated rings. The Morgan fingerprint density at radius 2 is 1.79 bits per heavy atom. The Morgan fingerprint density at radius 3 is 2.37 bits per heavy atom. The number of aliphatic hydroxyl groups is 1. The van der Waals surface area contributed by atoms with E-state index in [9.17, 15) is 9.90 Å². The Labute approximate surface area is 116 Å². The first kappa shape index (κ1) is 14.6. The van der Waals surface area contributed by atoms with E-state index in [4.69, 9.17) is 0 Å². The van der Waals surface area contributed by atoms with E-state index in [2.05, 4.69) is 12.2 Å². The quantitative estimate of drug-likeness (QED) is 0.756. The molecule has 0 aromatic heterocycles. The first-order valence-corrected chi connectivity index (χ1v) is 7.84. The molecular formula is C15H28N2O2. The zero-order valence-corrected chi connectivity index (χ0v) is 12.2. The number of nitrogens with zero attached hydrogens (tertiary/aromatic N) is 1. The highest BCUT2D eigenvalue weighted by molar-refractivity contribution is 5.74. The van der Waals surface area contributed by atoms with Crippen LogP contribution in [-0.4, -0.2) is 41.3 Å². The third kappa shape index (κ3) is 4.37. The van der Waals surface area contributed by atoms with Crippen LogP contribution in [0.15, 0.2) is 0 Å². The summed E-state index contributed by atoms with van der Waals surface area (Å²) in [5.41, 5.74) is -0.671. The van der Waals surface area contributed by atoms with Crippen molar-refractivity contribution in [2.45, 2.75) is 63.9 Å². The van der Waals surface area contributed by atoms with Crippen LogP contribution in [0.4, 0.5) is 4.79 Å². The number of amides is 2. The molecule has 19 heavy (non-hydrogen) atoms. The maximum Gasteiger partial charge on any atom is 0.317 e. The molecule has 110 valence electrons. The van der Waals surface area contributed by atoms with E-state index in [-0.39, 0.29) is 6.03 Å². The van der Waals surface area contributed by atoms with Gasteiger partial charge in [-0.1, -0.05) is 32.6 Å². The van der Waals surface area contributed by atoms with Gasteiger partial charge in [0.2, 0.25) is 0 Å². The standard InChI is InChI=1S/C15H28N2O2/c1-13-6-10-17(11-7-13)14(18)16-12-15(19)8-4-2-3-5-9-15/h13,19H,2-12H2,1H3,(H,16,18). The van der Waals surface area contributed by atoms with Gasteiger partial charge in [0, 0.05) is 19.6 Å². The van der Waals surface area contributed by atoms with Crippen LogP contribution in [-0.2, 0) is 0 Å². The van der Waals surface area contributed by atoms with Crippen molar-refractivity contribution in [1.29, 1.82) is 0 Å². The van der Waals surface area contributed by atoms with Gasteiger partial charge in [0.1, 0.15) is 0 Å². The van der Waals surface area contributed by atoms with Crippen molar-refractivity contribution in [3.63, 3.8) is 0 Å². The number of piperidine rings is 1. The minimum atomic E-state index is -0.671. The molecule has 0 spiro atoms. The number of likely N-dealkylation sites (tertiary alicyclic amines) is 1. The molecule has 2 amide bonds. The van der Waals surface area contributed by atoms with Crippen molar-refractivity contribution >= 4 is 6.03 Å². The molecule has 1 saturated carbocycles. The predicted molar refractivity (Wildman–Crippen MR) is 76.0 cm³/mol. The van der Waals surface area contributed by atoms with Crippen LogP contribution < -0.4 is 5.32 Å². The Hall–Kier alpha value is -0.770. The summed E-state index contributed by atoms with van der Waals surface area (Å²) in [6, 6.07) is 0.00423. The summed E-state index contributed by atoms with van der Waals surface area (Å²) < 4.78 is 0. The molecule has 2 rings (SSSR count). The Bertz CT molecular complexity index is 291. The lowest BCUT2D eigenvalue weighted by Crippen LogP contribution is -2.49. The molecule has 0 aromatic rings. The van der Waals surface area contributed by atoms with Gasteiger partial charge in [-0.3, -0.25) is 0 Å². The van der Waals surface area contributed by atoms with E-state index >= 15 is 0 Å². The number of carbonyl (C=O) groups excluding carboxylic acids is 1. The molecule has 0 unspecified atom stereocenters. The van der Waals surface area contributed by atoms with Crippen LogP contribution in [0.5, 0.6) is 0 Å². The van der Waals surface area contributed by atoms with Crippen molar-refractivity contribution < 1.29 is 9.90 Å². The fourth-order valence-electron chi connectivity index (χ4n) is 3.13. The fourth-order valence-corrected chi connectivity index (χ4v) is 3.13.